The van der Waals surface area contributed by atoms with Crippen LogP contribution in [0.4, 0.5) is 0 Å². The zero-order valence-corrected chi connectivity index (χ0v) is 12.0. The Morgan fingerprint density at radius 1 is 1.39 bits per heavy atom. The number of nitrogens with one attached hydrogen (secondary N) is 1. The molecule has 0 amide bonds. The van der Waals surface area contributed by atoms with Crippen LogP contribution in [0.3, 0.4) is 0 Å². The average molecular weight is 267 g/mol. The van der Waals surface area contributed by atoms with Crippen LogP contribution in [0.5, 0.6) is 0 Å². The van der Waals surface area contributed by atoms with Gasteiger partial charge in [-0.2, -0.15) is 11.8 Å². The number of carbonyl (C=O) groups is 1. The summed E-state index contributed by atoms with van der Waals surface area (Å²) in [4.78, 5) is 11.1. The van der Waals surface area contributed by atoms with Gasteiger partial charge in [-0.15, -0.1) is 0 Å². The zero-order chi connectivity index (χ0) is 13.4. The molecule has 0 aliphatic carbocycles. The molecule has 0 saturated carbocycles. The monoisotopic (exact) mass is 267 g/mol. The molecule has 0 aliphatic rings. The Labute approximate surface area is 113 Å². The van der Waals surface area contributed by atoms with Crippen LogP contribution in [-0.2, 0) is 9.53 Å². The van der Waals surface area contributed by atoms with Gasteiger partial charge in [0, 0.05) is 17.0 Å². The second-order valence-corrected chi connectivity index (χ2v) is 5.56. The number of thioether (sulfide) groups is 1. The summed E-state index contributed by atoms with van der Waals surface area (Å²) in [5, 5.41) is 3.74. The first-order valence-corrected chi connectivity index (χ1v) is 7.14. The Morgan fingerprint density at radius 2 is 2.06 bits per heavy atom. The minimum Gasteiger partial charge on any atom is -0.469 e. The van der Waals surface area contributed by atoms with Crippen LogP contribution in [0.15, 0.2) is 30.3 Å². The van der Waals surface area contributed by atoms with E-state index in [1.165, 1.54) is 12.7 Å². The highest BCUT2D eigenvalue weighted by Gasteiger charge is 2.17. The van der Waals surface area contributed by atoms with Gasteiger partial charge in [-0.05, 0) is 12.6 Å². The fourth-order valence-electron chi connectivity index (χ4n) is 1.86. The molecule has 18 heavy (non-hydrogen) atoms. The lowest BCUT2D eigenvalue weighted by Gasteiger charge is -2.23. The Kier molecular flexibility index (Phi) is 6.83. The van der Waals surface area contributed by atoms with Crippen molar-refractivity contribution in [3.63, 3.8) is 0 Å². The van der Waals surface area contributed by atoms with Gasteiger partial charge in [0.1, 0.15) is 0 Å². The van der Waals surface area contributed by atoms with E-state index in [9.17, 15) is 4.79 Å². The number of methoxy groups -OCH3 is 1. The smallest absolute Gasteiger partial charge is 0.306 e. The van der Waals surface area contributed by atoms with Crippen molar-refractivity contribution in [1.29, 1.82) is 0 Å². The third-order valence-electron chi connectivity index (χ3n) is 2.85. The summed E-state index contributed by atoms with van der Waals surface area (Å²) < 4.78 is 4.64. The molecule has 4 heteroatoms. The number of ether oxygens (including phenoxy) is 1. The van der Waals surface area contributed by atoms with E-state index in [0.717, 1.165) is 5.75 Å². The Balaban J connectivity index is 2.48. The molecular formula is C14H21NO2S. The summed E-state index contributed by atoms with van der Waals surface area (Å²) in [6.45, 7) is 2.18. The maximum absolute atomic E-state index is 11.1. The van der Waals surface area contributed by atoms with Crippen LogP contribution in [0.25, 0.3) is 0 Å². The van der Waals surface area contributed by atoms with E-state index in [-0.39, 0.29) is 5.97 Å². The quantitative estimate of drug-likeness (QED) is 0.771. The number of carbonyl (C=O) groups excluding carboxylic acids is 1. The highest BCUT2D eigenvalue weighted by molar-refractivity contribution is 7.99. The van der Waals surface area contributed by atoms with E-state index in [1.54, 1.807) is 11.8 Å². The molecule has 0 bridgehead atoms. The van der Waals surface area contributed by atoms with Gasteiger partial charge >= 0.3 is 5.97 Å². The highest BCUT2D eigenvalue weighted by atomic mass is 32.2. The van der Waals surface area contributed by atoms with E-state index in [2.05, 4.69) is 29.1 Å². The first kappa shape index (κ1) is 15.1. The highest BCUT2D eigenvalue weighted by Crippen LogP contribution is 2.26. The van der Waals surface area contributed by atoms with E-state index >= 15 is 0 Å². The summed E-state index contributed by atoms with van der Waals surface area (Å²) >= 11 is 1.78. The molecule has 0 spiro atoms. The standard InChI is InChI=1S/C14H21NO2S/c1-11(18-10-9-13(16)17-3)14(15-2)12-7-5-4-6-8-12/h4-8,11,14-15H,9-10H2,1-3H3. The number of benzene rings is 1. The van der Waals surface area contributed by atoms with Gasteiger partial charge < -0.3 is 10.1 Å². The van der Waals surface area contributed by atoms with Gasteiger partial charge in [-0.1, -0.05) is 37.3 Å². The van der Waals surface area contributed by atoms with Gasteiger partial charge in [0.05, 0.1) is 13.5 Å². The number of hydrogen-bond donors (Lipinski definition) is 1. The van der Waals surface area contributed by atoms with Crippen LogP contribution < -0.4 is 5.32 Å². The molecule has 2 unspecified atom stereocenters. The van der Waals surface area contributed by atoms with Crippen LogP contribution >= 0.6 is 11.8 Å². The van der Waals surface area contributed by atoms with Crippen molar-refractivity contribution in [2.45, 2.75) is 24.6 Å². The summed E-state index contributed by atoms with van der Waals surface area (Å²) in [7, 11) is 3.39. The molecule has 0 aromatic heterocycles. The summed E-state index contributed by atoms with van der Waals surface area (Å²) in [5.41, 5.74) is 1.28. The Morgan fingerprint density at radius 3 is 2.61 bits per heavy atom. The van der Waals surface area contributed by atoms with Crippen molar-refractivity contribution in [2.75, 3.05) is 19.9 Å². The van der Waals surface area contributed by atoms with Gasteiger partial charge in [-0.25, -0.2) is 0 Å². The SMILES string of the molecule is CNC(c1ccccc1)C(C)SCCC(=O)OC. The van der Waals surface area contributed by atoms with Crippen LogP contribution in [0, 0.1) is 0 Å². The average Bonchev–Trinajstić information content (AvgIpc) is 2.40. The Hall–Kier alpha value is -1.00. The van der Waals surface area contributed by atoms with Crippen molar-refractivity contribution in [2.24, 2.45) is 0 Å². The topological polar surface area (TPSA) is 38.3 Å². The fraction of sp³-hybridized carbons (Fsp3) is 0.500. The molecule has 100 valence electrons. The number of rotatable bonds is 7. The van der Waals surface area contributed by atoms with Crippen molar-refractivity contribution in [3.05, 3.63) is 35.9 Å². The maximum Gasteiger partial charge on any atom is 0.306 e. The molecule has 2 atom stereocenters. The molecular weight excluding hydrogens is 246 g/mol. The number of esters is 1. The Bertz CT molecular complexity index is 356. The molecule has 0 radical (unpaired) electrons. The minimum atomic E-state index is -0.143. The maximum atomic E-state index is 11.1. The normalized spacial score (nSPS) is 13.9. The van der Waals surface area contributed by atoms with Gasteiger partial charge in [0.25, 0.3) is 0 Å². The molecule has 1 aromatic carbocycles. The second-order valence-electron chi connectivity index (χ2n) is 4.08. The van der Waals surface area contributed by atoms with Crippen LogP contribution in [0.2, 0.25) is 0 Å². The van der Waals surface area contributed by atoms with E-state index in [1.807, 2.05) is 25.2 Å². The second kappa shape index (κ2) is 8.16. The van der Waals surface area contributed by atoms with Crippen LogP contribution in [-0.4, -0.2) is 31.1 Å². The fourth-order valence-corrected chi connectivity index (χ4v) is 3.00. The molecule has 0 saturated heterocycles. The number of hydrogen-bond acceptors (Lipinski definition) is 4. The molecule has 0 heterocycles. The third kappa shape index (κ3) is 4.70. The van der Waals surface area contributed by atoms with Gasteiger partial charge in [0.15, 0.2) is 0 Å². The summed E-state index contributed by atoms with van der Waals surface area (Å²) in [6.07, 6.45) is 0.469. The molecule has 1 rings (SSSR count). The zero-order valence-electron chi connectivity index (χ0n) is 11.2. The van der Waals surface area contributed by atoms with E-state index in [4.69, 9.17) is 0 Å². The molecule has 0 aliphatic heterocycles. The molecule has 1 N–H and O–H groups in total. The lowest BCUT2D eigenvalue weighted by molar-refractivity contribution is -0.140. The predicted octanol–water partition coefficient (Wildman–Crippen LogP) is 2.63. The van der Waals surface area contributed by atoms with E-state index in [0.29, 0.717) is 17.7 Å². The van der Waals surface area contributed by atoms with Crippen LogP contribution in [0.1, 0.15) is 24.9 Å². The molecule has 0 fully saturated rings. The first-order valence-electron chi connectivity index (χ1n) is 6.09. The van der Waals surface area contributed by atoms with Crippen molar-refractivity contribution in [3.8, 4) is 0 Å². The molecule has 3 nitrogen and oxygen atoms in total. The summed E-state index contributed by atoms with van der Waals surface area (Å²) in [6, 6.07) is 10.7. The lowest BCUT2D eigenvalue weighted by atomic mass is 10.0. The van der Waals surface area contributed by atoms with Crippen molar-refractivity contribution < 1.29 is 9.53 Å². The third-order valence-corrected chi connectivity index (χ3v) is 4.09. The predicted molar refractivity (Wildman–Crippen MR) is 76.8 cm³/mol. The first-order chi connectivity index (χ1) is 8.69. The van der Waals surface area contributed by atoms with Gasteiger partial charge in [-0.3, -0.25) is 4.79 Å². The molecule has 1 aromatic rings. The van der Waals surface area contributed by atoms with Crippen molar-refractivity contribution >= 4 is 17.7 Å². The van der Waals surface area contributed by atoms with Crippen molar-refractivity contribution in [1.82, 2.24) is 5.32 Å². The largest absolute Gasteiger partial charge is 0.469 e. The summed E-state index contributed by atoms with van der Waals surface area (Å²) in [5.74, 6) is 0.647. The van der Waals surface area contributed by atoms with E-state index < -0.39 is 0 Å². The van der Waals surface area contributed by atoms with Gasteiger partial charge in [0.2, 0.25) is 0 Å². The lowest BCUT2D eigenvalue weighted by Crippen LogP contribution is -2.25. The minimum absolute atomic E-state index is 0.143.